The third-order valence-corrected chi connectivity index (χ3v) is 4.65. The average Bonchev–Trinajstić information content (AvgIpc) is 2.42. The maximum absolute atomic E-state index is 10.1. The molecule has 0 bridgehead atoms. The number of rotatable bonds is 9. The van der Waals surface area contributed by atoms with Gasteiger partial charge in [0, 0.05) is 6.61 Å². The van der Waals surface area contributed by atoms with Gasteiger partial charge in [0.05, 0.1) is 12.2 Å². The summed E-state index contributed by atoms with van der Waals surface area (Å²) in [7, 11) is 0. The highest BCUT2D eigenvalue weighted by Crippen LogP contribution is 2.30. The SMILES string of the molecule is CCCCC(CC)COC1CC(CCC)CCC1O. The van der Waals surface area contributed by atoms with Crippen molar-refractivity contribution in [2.24, 2.45) is 11.8 Å². The van der Waals surface area contributed by atoms with Crippen molar-refractivity contribution < 1.29 is 9.84 Å². The fourth-order valence-corrected chi connectivity index (χ4v) is 3.20. The van der Waals surface area contributed by atoms with Crippen molar-refractivity contribution in [2.75, 3.05) is 6.61 Å². The highest BCUT2D eigenvalue weighted by Gasteiger charge is 2.29. The Hall–Kier alpha value is -0.0800. The second-order valence-electron chi connectivity index (χ2n) is 6.32. The Kier molecular flexibility index (Phi) is 8.72. The van der Waals surface area contributed by atoms with E-state index >= 15 is 0 Å². The van der Waals surface area contributed by atoms with E-state index in [-0.39, 0.29) is 12.2 Å². The summed E-state index contributed by atoms with van der Waals surface area (Å²) in [6, 6.07) is 0. The molecule has 4 atom stereocenters. The Morgan fingerprint density at radius 2 is 1.95 bits per heavy atom. The van der Waals surface area contributed by atoms with Gasteiger partial charge >= 0.3 is 0 Å². The molecule has 0 aliphatic heterocycles. The molecule has 1 N–H and O–H groups in total. The summed E-state index contributed by atoms with van der Waals surface area (Å²) in [5.41, 5.74) is 0. The molecule has 1 fully saturated rings. The molecule has 19 heavy (non-hydrogen) atoms. The van der Waals surface area contributed by atoms with E-state index in [0.717, 1.165) is 25.4 Å². The van der Waals surface area contributed by atoms with Gasteiger partial charge in [-0.2, -0.15) is 0 Å². The Morgan fingerprint density at radius 1 is 1.16 bits per heavy atom. The van der Waals surface area contributed by atoms with Crippen LogP contribution in [0.25, 0.3) is 0 Å². The van der Waals surface area contributed by atoms with Crippen LogP contribution < -0.4 is 0 Å². The van der Waals surface area contributed by atoms with E-state index in [1.165, 1.54) is 44.9 Å². The van der Waals surface area contributed by atoms with Gasteiger partial charge in [0.15, 0.2) is 0 Å². The number of ether oxygens (including phenoxy) is 1. The molecule has 0 heterocycles. The largest absolute Gasteiger partial charge is 0.390 e. The van der Waals surface area contributed by atoms with Gasteiger partial charge in [0.25, 0.3) is 0 Å². The quantitative estimate of drug-likeness (QED) is 0.666. The van der Waals surface area contributed by atoms with Crippen LogP contribution in [0.1, 0.15) is 78.6 Å². The summed E-state index contributed by atoms with van der Waals surface area (Å²) in [6.45, 7) is 7.59. The van der Waals surface area contributed by atoms with Gasteiger partial charge in [-0.3, -0.25) is 0 Å². The molecule has 1 rings (SSSR count). The number of unbranched alkanes of at least 4 members (excludes halogenated alkanes) is 1. The summed E-state index contributed by atoms with van der Waals surface area (Å²) in [5.74, 6) is 1.45. The summed E-state index contributed by atoms with van der Waals surface area (Å²) in [4.78, 5) is 0. The Labute approximate surface area is 119 Å². The number of hydrogen-bond donors (Lipinski definition) is 1. The van der Waals surface area contributed by atoms with E-state index < -0.39 is 0 Å². The zero-order valence-corrected chi connectivity index (χ0v) is 13.2. The monoisotopic (exact) mass is 270 g/mol. The first-order valence-corrected chi connectivity index (χ1v) is 8.50. The summed E-state index contributed by atoms with van der Waals surface area (Å²) < 4.78 is 6.07. The molecule has 1 saturated carbocycles. The molecule has 0 spiro atoms. The normalized spacial score (nSPS) is 29.4. The highest BCUT2D eigenvalue weighted by molar-refractivity contribution is 4.80. The van der Waals surface area contributed by atoms with Crippen LogP contribution in [0.15, 0.2) is 0 Å². The molecular weight excluding hydrogens is 236 g/mol. The molecule has 0 aromatic heterocycles. The lowest BCUT2D eigenvalue weighted by atomic mass is 9.83. The van der Waals surface area contributed by atoms with E-state index in [9.17, 15) is 5.11 Å². The minimum absolute atomic E-state index is 0.0981. The Morgan fingerprint density at radius 3 is 2.58 bits per heavy atom. The first kappa shape index (κ1) is 17.0. The van der Waals surface area contributed by atoms with Crippen LogP contribution in [0.3, 0.4) is 0 Å². The van der Waals surface area contributed by atoms with Crippen LogP contribution in [0.2, 0.25) is 0 Å². The minimum Gasteiger partial charge on any atom is -0.390 e. The lowest BCUT2D eigenvalue weighted by molar-refractivity contribution is -0.0824. The number of aliphatic hydroxyl groups excluding tert-OH is 1. The van der Waals surface area contributed by atoms with E-state index in [0.29, 0.717) is 5.92 Å². The molecule has 114 valence electrons. The first-order valence-electron chi connectivity index (χ1n) is 8.50. The molecule has 0 aromatic carbocycles. The van der Waals surface area contributed by atoms with Crippen molar-refractivity contribution in [1.82, 2.24) is 0 Å². The van der Waals surface area contributed by atoms with Crippen LogP contribution in [-0.2, 0) is 4.74 Å². The summed E-state index contributed by atoms with van der Waals surface area (Å²) in [5, 5.41) is 10.1. The van der Waals surface area contributed by atoms with Gasteiger partial charge in [-0.25, -0.2) is 0 Å². The van der Waals surface area contributed by atoms with Crippen molar-refractivity contribution in [3.05, 3.63) is 0 Å². The molecule has 0 radical (unpaired) electrons. The predicted octanol–water partition coefficient (Wildman–Crippen LogP) is 4.55. The lowest BCUT2D eigenvalue weighted by Crippen LogP contribution is -2.37. The van der Waals surface area contributed by atoms with E-state index in [1.807, 2.05) is 0 Å². The molecule has 1 aliphatic rings. The Balaban J connectivity index is 2.31. The van der Waals surface area contributed by atoms with Crippen molar-refractivity contribution in [2.45, 2.75) is 90.8 Å². The standard InChI is InChI=1S/C17H34O2/c1-4-7-9-14(6-3)13-19-17-12-15(8-5-2)10-11-16(17)18/h14-18H,4-13H2,1-3H3. The molecule has 1 aliphatic carbocycles. The van der Waals surface area contributed by atoms with Crippen molar-refractivity contribution in [3.8, 4) is 0 Å². The van der Waals surface area contributed by atoms with Crippen LogP contribution >= 0.6 is 0 Å². The van der Waals surface area contributed by atoms with Crippen LogP contribution in [0.4, 0.5) is 0 Å². The second kappa shape index (κ2) is 9.77. The van der Waals surface area contributed by atoms with Crippen LogP contribution in [-0.4, -0.2) is 23.9 Å². The van der Waals surface area contributed by atoms with Crippen LogP contribution in [0.5, 0.6) is 0 Å². The highest BCUT2D eigenvalue weighted by atomic mass is 16.5. The van der Waals surface area contributed by atoms with E-state index in [2.05, 4.69) is 20.8 Å². The fraction of sp³-hybridized carbons (Fsp3) is 1.00. The van der Waals surface area contributed by atoms with Gasteiger partial charge in [0.2, 0.25) is 0 Å². The lowest BCUT2D eigenvalue weighted by Gasteiger charge is -2.34. The summed E-state index contributed by atoms with van der Waals surface area (Å²) >= 11 is 0. The molecule has 0 amide bonds. The zero-order valence-electron chi connectivity index (χ0n) is 13.2. The number of hydrogen-bond acceptors (Lipinski definition) is 2. The van der Waals surface area contributed by atoms with Crippen molar-refractivity contribution in [3.63, 3.8) is 0 Å². The predicted molar refractivity (Wildman–Crippen MR) is 81.3 cm³/mol. The molecule has 0 aromatic rings. The average molecular weight is 270 g/mol. The van der Waals surface area contributed by atoms with E-state index in [4.69, 9.17) is 4.74 Å². The third kappa shape index (κ3) is 6.27. The topological polar surface area (TPSA) is 29.5 Å². The maximum atomic E-state index is 10.1. The summed E-state index contributed by atoms with van der Waals surface area (Å²) in [6.07, 6.45) is 10.6. The van der Waals surface area contributed by atoms with Gasteiger partial charge in [-0.05, 0) is 37.5 Å². The van der Waals surface area contributed by atoms with E-state index in [1.54, 1.807) is 0 Å². The fourth-order valence-electron chi connectivity index (χ4n) is 3.20. The van der Waals surface area contributed by atoms with Gasteiger partial charge in [0.1, 0.15) is 0 Å². The molecule has 4 unspecified atom stereocenters. The minimum atomic E-state index is -0.225. The maximum Gasteiger partial charge on any atom is 0.0836 e. The Bertz CT molecular complexity index is 217. The van der Waals surface area contributed by atoms with Gasteiger partial charge in [-0.15, -0.1) is 0 Å². The zero-order chi connectivity index (χ0) is 14.1. The van der Waals surface area contributed by atoms with Gasteiger partial charge in [-0.1, -0.05) is 52.9 Å². The number of aliphatic hydroxyl groups is 1. The molecule has 0 saturated heterocycles. The smallest absolute Gasteiger partial charge is 0.0836 e. The second-order valence-corrected chi connectivity index (χ2v) is 6.32. The molecule has 2 heteroatoms. The third-order valence-electron chi connectivity index (χ3n) is 4.65. The molecular formula is C17H34O2. The molecule has 2 nitrogen and oxygen atoms in total. The van der Waals surface area contributed by atoms with Crippen molar-refractivity contribution in [1.29, 1.82) is 0 Å². The van der Waals surface area contributed by atoms with Crippen LogP contribution in [0, 0.1) is 11.8 Å². The van der Waals surface area contributed by atoms with Crippen molar-refractivity contribution >= 4 is 0 Å². The first-order chi connectivity index (χ1) is 9.21. The van der Waals surface area contributed by atoms with Gasteiger partial charge < -0.3 is 9.84 Å².